The second-order valence-electron chi connectivity index (χ2n) is 5.62. The van der Waals surface area contributed by atoms with Crippen LogP contribution >= 0.6 is 0 Å². The van der Waals surface area contributed by atoms with Gasteiger partial charge >= 0.3 is 6.18 Å². The average molecular weight is 273 g/mol. The van der Waals surface area contributed by atoms with Crippen molar-refractivity contribution in [3.8, 4) is 0 Å². The van der Waals surface area contributed by atoms with E-state index in [2.05, 4.69) is 5.32 Å². The summed E-state index contributed by atoms with van der Waals surface area (Å²) in [5.41, 5.74) is -0.827. The lowest BCUT2D eigenvalue weighted by molar-refractivity contribution is -0.139. The van der Waals surface area contributed by atoms with Gasteiger partial charge in [0.25, 0.3) is 0 Å². The van der Waals surface area contributed by atoms with Crippen molar-refractivity contribution in [1.29, 1.82) is 0 Å². The zero-order valence-corrected chi connectivity index (χ0v) is 10.3. The Labute approximate surface area is 109 Å². The molecule has 3 atom stereocenters. The zero-order valence-electron chi connectivity index (χ0n) is 10.3. The maximum absolute atomic E-state index is 13.2. The van der Waals surface area contributed by atoms with Crippen LogP contribution in [-0.4, -0.2) is 6.04 Å². The Bertz CT molecular complexity index is 483. The van der Waals surface area contributed by atoms with Crippen molar-refractivity contribution in [2.75, 3.05) is 5.32 Å². The van der Waals surface area contributed by atoms with Crippen LogP contribution in [0.2, 0.25) is 0 Å². The van der Waals surface area contributed by atoms with Crippen LogP contribution < -0.4 is 5.32 Å². The molecule has 2 fully saturated rings. The fraction of sp³-hybridized carbons (Fsp3) is 0.571. The summed E-state index contributed by atoms with van der Waals surface area (Å²) in [5.74, 6) is 0.0559. The minimum absolute atomic E-state index is 0.241. The Morgan fingerprint density at radius 3 is 2.47 bits per heavy atom. The summed E-state index contributed by atoms with van der Waals surface area (Å²) in [7, 11) is 0. The van der Waals surface area contributed by atoms with E-state index < -0.39 is 17.6 Å². The molecule has 104 valence electrons. The standard InChI is InChI=1S/C14H15F4N/c15-12-4-3-10(7-11(12)14(16,17)18)19-13-6-8-1-2-9(13)5-8/h3-4,7-9,13,19H,1-2,5-6H2. The van der Waals surface area contributed by atoms with Gasteiger partial charge in [0, 0.05) is 11.7 Å². The molecular formula is C14H15F4N. The number of fused-ring (bicyclic) bond motifs is 2. The molecular weight excluding hydrogens is 258 g/mol. The fourth-order valence-electron chi connectivity index (χ4n) is 3.47. The average Bonchev–Trinajstić information content (AvgIpc) is 2.92. The normalized spacial score (nSPS) is 29.8. The number of hydrogen-bond acceptors (Lipinski definition) is 1. The molecule has 19 heavy (non-hydrogen) atoms. The molecule has 0 heterocycles. The molecule has 0 radical (unpaired) electrons. The lowest BCUT2D eigenvalue weighted by Crippen LogP contribution is -2.26. The first-order valence-electron chi connectivity index (χ1n) is 6.57. The van der Waals surface area contributed by atoms with E-state index in [9.17, 15) is 17.6 Å². The molecule has 1 N–H and O–H groups in total. The zero-order chi connectivity index (χ0) is 13.6. The molecule has 1 nitrogen and oxygen atoms in total. The summed E-state index contributed by atoms with van der Waals surface area (Å²) in [6.07, 6.45) is -0.0689. The van der Waals surface area contributed by atoms with E-state index in [1.165, 1.54) is 18.9 Å². The molecule has 3 unspecified atom stereocenters. The van der Waals surface area contributed by atoms with Gasteiger partial charge in [-0.1, -0.05) is 6.42 Å². The van der Waals surface area contributed by atoms with Crippen molar-refractivity contribution in [3.63, 3.8) is 0 Å². The summed E-state index contributed by atoms with van der Waals surface area (Å²) >= 11 is 0. The smallest absolute Gasteiger partial charge is 0.382 e. The van der Waals surface area contributed by atoms with Crippen molar-refractivity contribution in [2.45, 2.75) is 37.9 Å². The van der Waals surface area contributed by atoms with Gasteiger partial charge in [-0.3, -0.25) is 0 Å². The quantitative estimate of drug-likeness (QED) is 0.785. The van der Waals surface area contributed by atoms with Crippen molar-refractivity contribution < 1.29 is 17.6 Å². The molecule has 1 aromatic carbocycles. The fourth-order valence-corrected chi connectivity index (χ4v) is 3.47. The lowest BCUT2D eigenvalue weighted by atomic mass is 9.95. The molecule has 0 amide bonds. The highest BCUT2D eigenvalue weighted by Gasteiger charge is 2.40. The van der Waals surface area contributed by atoms with E-state index >= 15 is 0 Å². The molecule has 2 saturated carbocycles. The van der Waals surface area contributed by atoms with E-state index in [-0.39, 0.29) is 6.04 Å². The number of alkyl halides is 3. The Balaban J connectivity index is 1.78. The van der Waals surface area contributed by atoms with Crippen LogP contribution in [0.3, 0.4) is 0 Å². The monoisotopic (exact) mass is 273 g/mol. The first-order valence-corrected chi connectivity index (χ1v) is 6.57. The number of anilines is 1. The second-order valence-corrected chi connectivity index (χ2v) is 5.62. The molecule has 2 aliphatic rings. The Morgan fingerprint density at radius 1 is 1.11 bits per heavy atom. The van der Waals surface area contributed by atoms with Crippen LogP contribution in [-0.2, 0) is 6.18 Å². The van der Waals surface area contributed by atoms with Crippen LogP contribution in [0.5, 0.6) is 0 Å². The highest BCUT2D eigenvalue weighted by molar-refractivity contribution is 5.48. The van der Waals surface area contributed by atoms with Gasteiger partial charge < -0.3 is 5.32 Å². The van der Waals surface area contributed by atoms with Crippen LogP contribution in [0, 0.1) is 17.7 Å². The molecule has 2 bridgehead atoms. The summed E-state index contributed by atoms with van der Waals surface area (Å²) in [6, 6.07) is 3.39. The first kappa shape index (κ1) is 12.8. The summed E-state index contributed by atoms with van der Waals surface area (Å²) in [6.45, 7) is 0. The molecule has 2 aliphatic carbocycles. The van der Waals surface area contributed by atoms with Crippen molar-refractivity contribution >= 4 is 5.69 Å². The van der Waals surface area contributed by atoms with Crippen LogP contribution in [0.4, 0.5) is 23.2 Å². The van der Waals surface area contributed by atoms with E-state index in [0.717, 1.165) is 25.0 Å². The highest BCUT2D eigenvalue weighted by atomic mass is 19.4. The van der Waals surface area contributed by atoms with E-state index in [1.54, 1.807) is 0 Å². The van der Waals surface area contributed by atoms with Crippen LogP contribution in [0.15, 0.2) is 18.2 Å². The Kier molecular flexibility index (Phi) is 2.95. The summed E-state index contributed by atoms with van der Waals surface area (Å²) < 4.78 is 51.1. The number of nitrogens with one attached hydrogen (secondary N) is 1. The first-order chi connectivity index (χ1) is 8.93. The molecule has 0 aromatic heterocycles. The third-order valence-electron chi connectivity index (χ3n) is 4.36. The molecule has 5 heteroatoms. The Hall–Kier alpha value is -1.26. The topological polar surface area (TPSA) is 12.0 Å². The predicted octanol–water partition coefficient (Wildman–Crippen LogP) is 4.45. The minimum atomic E-state index is -4.64. The van der Waals surface area contributed by atoms with E-state index in [1.807, 2.05) is 0 Å². The minimum Gasteiger partial charge on any atom is -0.382 e. The molecule has 0 aliphatic heterocycles. The van der Waals surface area contributed by atoms with Crippen LogP contribution in [0.1, 0.15) is 31.2 Å². The van der Waals surface area contributed by atoms with Crippen molar-refractivity contribution in [3.05, 3.63) is 29.6 Å². The Morgan fingerprint density at radius 2 is 1.89 bits per heavy atom. The van der Waals surface area contributed by atoms with Crippen molar-refractivity contribution in [1.82, 2.24) is 0 Å². The molecule has 1 aromatic rings. The SMILES string of the molecule is Fc1ccc(NC2CC3CCC2C3)cc1C(F)(F)F. The van der Waals surface area contributed by atoms with Gasteiger partial charge in [0.05, 0.1) is 5.56 Å². The van der Waals surface area contributed by atoms with E-state index in [4.69, 9.17) is 0 Å². The summed E-state index contributed by atoms with van der Waals surface area (Å²) in [5, 5.41) is 3.15. The predicted molar refractivity (Wildman–Crippen MR) is 64.3 cm³/mol. The van der Waals surface area contributed by atoms with Gasteiger partial charge in [-0.05, 0) is 49.3 Å². The number of benzene rings is 1. The number of rotatable bonds is 2. The van der Waals surface area contributed by atoms with Gasteiger partial charge in [0.2, 0.25) is 0 Å². The third-order valence-corrected chi connectivity index (χ3v) is 4.36. The third kappa shape index (κ3) is 2.42. The highest BCUT2D eigenvalue weighted by Crippen LogP contribution is 2.45. The maximum atomic E-state index is 13.2. The lowest BCUT2D eigenvalue weighted by Gasteiger charge is -2.24. The number of hydrogen-bond donors (Lipinski definition) is 1. The largest absolute Gasteiger partial charge is 0.419 e. The van der Waals surface area contributed by atoms with E-state index in [0.29, 0.717) is 17.5 Å². The van der Waals surface area contributed by atoms with Gasteiger partial charge in [0.1, 0.15) is 5.82 Å². The second kappa shape index (κ2) is 4.39. The summed E-state index contributed by atoms with van der Waals surface area (Å²) in [4.78, 5) is 0. The van der Waals surface area contributed by atoms with Crippen molar-refractivity contribution in [2.24, 2.45) is 11.8 Å². The van der Waals surface area contributed by atoms with Gasteiger partial charge in [-0.15, -0.1) is 0 Å². The van der Waals surface area contributed by atoms with Crippen LogP contribution in [0.25, 0.3) is 0 Å². The maximum Gasteiger partial charge on any atom is 0.419 e. The number of halogens is 4. The molecule has 3 rings (SSSR count). The van der Waals surface area contributed by atoms with Gasteiger partial charge in [0.15, 0.2) is 0 Å². The van der Waals surface area contributed by atoms with Gasteiger partial charge in [-0.25, -0.2) is 4.39 Å². The van der Waals surface area contributed by atoms with Gasteiger partial charge in [-0.2, -0.15) is 13.2 Å². The molecule has 0 saturated heterocycles. The molecule has 0 spiro atoms.